The van der Waals surface area contributed by atoms with Crippen molar-refractivity contribution in [3.05, 3.63) is 28.8 Å². The van der Waals surface area contributed by atoms with E-state index >= 15 is 0 Å². The van der Waals surface area contributed by atoms with Crippen LogP contribution in [0.15, 0.2) is 18.2 Å². The number of phenolic OH excluding ortho intramolecular Hbond substituents is 1. The summed E-state index contributed by atoms with van der Waals surface area (Å²) in [4.78, 5) is 10.1. The van der Waals surface area contributed by atoms with Crippen molar-refractivity contribution in [3.63, 3.8) is 0 Å². The molecule has 0 saturated carbocycles. The molecule has 3 heteroatoms. The summed E-state index contributed by atoms with van der Waals surface area (Å²) >= 11 is 5.54. The Morgan fingerprint density at radius 2 is 2.27 bits per heavy atom. The number of aldehydes is 1. The Balaban J connectivity index is 2.95. The fraction of sp³-hybridized carbons (Fsp3) is 0.125. The van der Waals surface area contributed by atoms with Gasteiger partial charge in [-0.2, -0.15) is 0 Å². The average molecular weight is 171 g/mol. The highest BCUT2D eigenvalue weighted by atomic mass is 35.5. The predicted octanol–water partition coefficient (Wildman–Crippen LogP) is 1.79. The molecule has 1 aromatic carbocycles. The van der Waals surface area contributed by atoms with Crippen LogP contribution in [-0.4, -0.2) is 11.4 Å². The second-order valence-corrected chi connectivity index (χ2v) is 2.56. The standard InChI is InChI=1S/C8H7ClO2/c9-7-2-1-6(3-4-10)5-8(7)11/h1-2,4-5,11H,3H2. The van der Waals surface area contributed by atoms with E-state index in [1.807, 2.05) is 0 Å². The third kappa shape index (κ3) is 1.95. The minimum Gasteiger partial charge on any atom is -0.506 e. The van der Waals surface area contributed by atoms with Crippen LogP contribution in [0.3, 0.4) is 0 Å². The van der Waals surface area contributed by atoms with E-state index in [-0.39, 0.29) is 5.75 Å². The Bertz CT molecular complexity index is 271. The van der Waals surface area contributed by atoms with Crippen LogP contribution in [0.5, 0.6) is 5.75 Å². The zero-order valence-electron chi connectivity index (χ0n) is 5.75. The number of phenols is 1. The van der Waals surface area contributed by atoms with Crippen LogP contribution in [0.1, 0.15) is 5.56 Å². The van der Waals surface area contributed by atoms with Gasteiger partial charge in [0.25, 0.3) is 0 Å². The topological polar surface area (TPSA) is 37.3 Å². The molecule has 0 saturated heterocycles. The monoisotopic (exact) mass is 170 g/mol. The first-order valence-corrected chi connectivity index (χ1v) is 3.53. The van der Waals surface area contributed by atoms with Gasteiger partial charge in [-0.05, 0) is 17.7 Å². The fourth-order valence-corrected chi connectivity index (χ4v) is 0.899. The molecule has 1 rings (SSSR count). The number of aromatic hydroxyl groups is 1. The Hall–Kier alpha value is -1.02. The molecular formula is C8H7ClO2. The molecule has 0 heterocycles. The SMILES string of the molecule is O=CCc1ccc(Cl)c(O)c1. The van der Waals surface area contributed by atoms with Crippen LogP contribution in [-0.2, 0) is 11.2 Å². The molecule has 0 fully saturated rings. The van der Waals surface area contributed by atoms with Crippen molar-refractivity contribution < 1.29 is 9.90 Å². The van der Waals surface area contributed by atoms with E-state index in [4.69, 9.17) is 16.7 Å². The molecule has 1 N–H and O–H groups in total. The van der Waals surface area contributed by atoms with Crippen LogP contribution >= 0.6 is 11.6 Å². The van der Waals surface area contributed by atoms with Crippen molar-refractivity contribution in [1.82, 2.24) is 0 Å². The first-order valence-electron chi connectivity index (χ1n) is 3.15. The molecule has 0 aliphatic rings. The molecule has 0 aliphatic heterocycles. The van der Waals surface area contributed by atoms with Crippen molar-refractivity contribution in [2.45, 2.75) is 6.42 Å². The molecule has 0 atom stereocenters. The van der Waals surface area contributed by atoms with E-state index in [0.29, 0.717) is 11.4 Å². The summed E-state index contributed by atoms with van der Waals surface area (Å²) in [6.45, 7) is 0. The second-order valence-electron chi connectivity index (χ2n) is 2.16. The summed E-state index contributed by atoms with van der Waals surface area (Å²) in [6.07, 6.45) is 1.09. The fourth-order valence-electron chi connectivity index (χ4n) is 0.781. The lowest BCUT2D eigenvalue weighted by Gasteiger charge is -1.97. The van der Waals surface area contributed by atoms with Gasteiger partial charge in [0.05, 0.1) is 5.02 Å². The molecule has 11 heavy (non-hydrogen) atoms. The van der Waals surface area contributed by atoms with Crippen molar-refractivity contribution in [3.8, 4) is 5.75 Å². The first kappa shape index (κ1) is 8.08. The van der Waals surface area contributed by atoms with Crippen molar-refractivity contribution in [1.29, 1.82) is 0 Å². The third-order valence-electron chi connectivity index (χ3n) is 1.33. The average Bonchev–Trinajstić information content (AvgIpc) is 1.98. The smallest absolute Gasteiger partial charge is 0.134 e. The number of carbonyl (C=O) groups is 1. The van der Waals surface area contributed by atoms with E-state index < -0.39 is 0 Å². The lowest BCUT2D eigenvalue weighted by Crippen LogP contribution is -1.84. The summed E-state index contributed by atoms with van der Waals surface area (Å²) < 4.78 is 0. The van der Waals surface area contributed by atoms with Gasteiger partial charge < -0.3 is 9.90 Å². The van der Waals surface area contributed by atoms with Crippen LogP contribution in [0.4, 0.5) is 0 Å². The van der Waals surface area contributed by atoms with E-state index in [1.165, 1.54) is 6.07 Å². The van der Waals surface area contributed by atoms with E-state index in [2.05, 4.69) is 0 Å². The van der Waals surface area contributed by atoms with Crippen LogP contribution in [0.25, 0.3) is 0 Å². The number of benzene rings is 1. The maximum Gasteiger partial charge on any atom is 0.134 e. The number of hydrogen-bond donors (Lipinski definition) is 1. The Morgan fingerprint density at radius 1 is 1.55 bits per heavy atom. The number of carbonyl (C=O) groups excluding carboxylic acids is 1. The van der Waals surface area contributed by atoms with Gasteiger partial charge in [0.1, 0.15) is 12.0 Å². The van der Waals surface area contributed by atoms with E-state index in [0.717, 1.165) is 11.8 Å². The number of rotatable bonds is 2. The molecule has 0 aromatic heterocycles. The highest BCUT2D eigenvalue weighted by molar-refractivity contribution is 6.32. The first-order chi connectivity index (χ1) is 5.24. The maximum atomic E-state index is 10.1. The summed E-state index contributed by atoms with van der Waals surface area (Å²) in [6, 6.07) is 4.75. The molecule has 0 bridgehead atoms. The lowest BCUT2D eigenvalue weighted by molar-refractivity contribution is -0.107. The van der Waals surface area contributed by atoms with Gasteiger partial charge >= 0.3 is 0 Å². The summed E-state index contributed by atoms with van der Waals surface area (Å²) in [7, 11) is 0. The molecule has 0 radical (unpaired) electrons. The number of hydrogen-bond acceptors (Lipinski definition) is 2. The number of halogens is 1. The minimum absolute atomic E-state index is 0.0195. The van der Waals surface area contributed by atoms with Gasteiger partial charge in [-0.25, -0.2) is 0 Å². The van der Waals surface area contributed by atoms with E-state index in [1.54, 1.807) is 12.1 Å². The molecule has 0 spiro atoms. The molecule has 58 valence electrons. The zero-order chi connectivity index (χ0) is 8.27. The lowest BCUT2D eigenvalue weighted by atomic mass is 10.2. The molecule has 0 aliphatic carbocycles. The van der Waals surface area contributed by atoms with Gasteiger partial charge in [0, 0.05) is 6.42 Å². The highest BCUT2D eigenvalue weighted by Gasteiger charge is 1.98. The van der Waals surface area contributed by atoms with Gasteiger partial charge in [-0.3, -0.25) is 0 Å². The molecule has 0 unspecified atom stereocenters. The van der Waals surface area contributed by atoms with Gasteiger partial charge in [0.15, 0.2) is 0 Å². The minimum atomic E-state index is 0.0195. The molecular weight excluding hydrogens is 164 g/mol. The molecule has 2 nitrogen and oxygen atoms in total. The Labute approximate surface area is 69.4 Å². The van der Waals surface area contributed by atoms with Crippen LogP contribution in [0.2, 0.25) is 5.02 Å². The van der Waals surface area contributed by atoms with Crippen molar-refractivity contribution >= 4 is 17.9 Å². The zero-order valence-corrected chi connectivity index (χ0v) is 6.51. The molecule has 1 aromatic rings. The Kier molecular flexibility index (Phi) is 2.49. The quantitative estimate of drug-likeness (QED) is 0.688. The van der Waals surface area contributed by atoms with Gasteiger partial charge in [-0.15, -0.1) is 0 Å². The summed E-state index contributed by atoms with van der Waals surface area (Å²) in [5.41, 5.74) is 0.766. The predicted molar refractivity (Wildman–Crippen MR) is 42.9 cm³/mol. The summed E-state index contributed by atoms with van der Waals surface area (Å²) in [5, 5.41) is 9.38. The third-order valence-corrected chi connectivity index (χ3v) is 1.65. The van der Waals surface area contributed by atoms with Crippen molar-refractivity contribution in [2.75, 3.05) is 0 Å². The maximum absolute atomic E-state index is 10.1. The summed E-state index contributed by atoms with van der Waals surface area (Å²) in [5.74, 6) is 0.0195. The van der Waals surface area contributed by atoms with Gasteiger partial charge in [-0.1, -0.05) is 17.7 Å². The normalized spacial score (nSPS) is 9.55. The van der Waals surface area contributed by atoms with Crippen molar-refractivity contribution in [2.24, 2.45) is 0 Å². The second kappa shape index (κ2) is 3.39. The highest BCUT2D eigenvalue weighted by Crippen LogP contribution is 2.23. The van der Waals surface area contributed by atoms with Crippen LogP contribution in [0, 0.1) is 0 Å². The van der Waals surface area contributed by atoms with E-state index in [9.17, 15) is 4.79 Å². The van der Waals surface area contributed by atoms with Gasteiger partial charge in [0.2, 0.25) is 0 Å². The Morgan fingerprint density at radius 3 is 2.82 bits per heavy atom. The largest absolute Gasteiger partial charge is 0.506 e. The molecule has 0 amide bonds. The van der Waals surface area contributed by atoms with Crippen LogP contribution < -0.4 is 0 Å².